The third-order valence-corrected chi connectivity index (χ3v) is 4.93. The number of rotatable bonds is 3. The van der Waals surface area contributed by atoms with E-state index in [-0.39, 0.29) is 6.04 Å². The maximum atomic E-state index is 6.17. The van der Waals surface area contributed by atoms with Crippen molar-refractivity contribution in [2.75, 3.05) is 7.05 Å². The highest BCUT2D eigenvalue weighted by Crippen LogP contribution is 2.34. The fourth-order valence-electron chi connectivity index (χ4n) is 2.04. The molecular formula is C15H18ClNS. The van der Waals surface area contributed by atoms with E-state index in [0.29, 0.717) is 0 Å². The summed E-state index contributed by atoms with van der Waals surface area (Å²) in [6.07, 6.45) is 0. The maximum absolute atomic E-state index is 6.17. The molecule has 0 fully saturated rings. The Bertz CT molecular complexity index is 540. The molecule has 1 heterocycles. The van der Waals surface area contributed by atoms with Crippen LogP contribution < -0.4 is 5.32 Å². The SMILES string of the molecule is CNC(c1ccc(C)c(C)c1)c1cc(C)c(Cl)s1. The second kappa shape index (κ2) is 5.43. The number of halogens is 1. The van der Waals surface area contributed by atoms with Crippen molar-refractivity contribution >= 4 is 22.9 Å². The highest BCUT2D eigenvalue weighted by atomic mass is 35.5. The van der Waals surface area contributed by atoms with Gasteiger partial charge in [-0.1, -0.05) is 29.8 Å². The molecule has 0 bridgehead atoms. The number of aryl methyl sites for hydroxylation is 3. The van der Waals surface area contributed by atoms with Gasteiger partial charge >= 0.3 is 0 Å². The molecule has 0 aliphatic heterocycles. The Morgan fingerprint density at radius 3 is 2.28 bits per heavy atom. The molecule has 3 heteroatoms. The molecule has 0 spiro atoms. The first-order valence-corrected chi connectivity index (χ1v) is 7.22. The van der Waals surface area contributed by atoms with Crippen LogP contribution in [0.15, 0.2) is 24.3 Å². The van der Waals surface area contributed by atoms with E-state index >= 15 is 0 Å². The van der Waals surface area contributed by atoms with Gasteiger partial charge in [0.25, 0.3) is 0 Å². The predicted octanol–water partition coefficient (Wildman–Crippen LogP) is 4.64. The van der Waals surface area contributed by atoms with E-state index in [4.69, 9.17) is 11.6 Å². The van der Waals surface area contributed by atoms with E-state index in [1.54, 1.807) is 11.3 Å². The second-order valence-electron chi connectivity index (χ2n) is 4.67. The van der Waals surface area contributed by atoms with Crippen molar-refractivity contribution in [1.29, 1.82) is 0 Å². The van der Waals surface area contributed by atoms with Crippen molar-refractivity contribution < 1.29 is 0 Å². The smallest absolute Gasteiger partial charge is 0.0961 e. The van der Waals surface area contributed by atoms with Gasteiger partial charge < -0.3 is 5.32 Å². The highest BCUT2D eigenvalue weighted by molar-refractivity contribution is 7.16. The molecule has 0 saturated carbocycles. The zero-order chi connectivity index (χ0) is 13.3. The van der Waals surface area contributed by atoms with Gasteiger partial charge in [-0.05, 0) is 56.1 Å². The Kier molecular flexibility index (Phi) is 4.10. The van der Waals surface area contributed by atoms with Crippen molar-refractivity contribution in [1.82, 2.24) is 5.32 Å². The summed E-state index contributed by atoms with van der Waals surface area (Å²) in [6.45, 7) is 6.34. The lowest BCUT2D eigenvalue weighted by molar-refractivity contribution is 0.702. The van der Waals surface area contributed by atoms with Crippen LogP contribution in [0.1, 0.15) is 33.2 Å². The first-order chi connectivity index (χ1) is 8.52. The Balaban J connectivity index is 2.41. The molecule has 2 rings (SSSR count). The molecule has 1 N–H and O–H groups in total. The number of benzene rings is 1. The largest absolute Gasteiger partial charge is 0.309 e. The molecule has 1 unspecified atom stereocenters. The second-order valence-corrected chi connectivity index (χ2v) is 6.36. The van der Waals surface area contributed by atoms with E-state index in [1.165, 1.54) is 21.6 Å². The van der Waals surface area contributed by atoms with Gasteiger partial charge in [-0.15, -0.1) is 11.3 Å². The molecule has 0 aliphatic carbocycles. The summed E-state index contributed by atoms with van der Waals surface area (Å²) < 4.78 is 0.883. The van der Waals surface area contributed by atoms with Crippen LogP contribution in [0.4, 0.5) is 0 Å². The molecule has 1 atom stereocenters. The average molecular weight is 280 g/mol. The highest BCUT2D eigenvalue weighted by Gasteiger charge is 2.16. The lowest BCUT2D eigenvalue weighted by Crippen LogP contribution is -2.16. The number of hydrogen-bond acceptors (Lipinski definition) is 2. The molecule has 18 heavy (non-hydrogen) atoms. The summed E-state index contributed by atoms with van der Waals surface area (Å²) in [5, 5.41) is 3.37. The van der Waals surface area contributed by atoms with Crippen LogP contribution in [0.5, 0.6) is 0 Å². The van der Waals surface area contributed by atoms with Crippen LogP contribution in [0, 0.1) is 20.8 Å². The summed E-state index contributed by atoms with van der Waals surface area (Å²) in [5.74, 6) is 0. The van der Waals surface area contributed by atoms with Gasteiger partial charge in [0.15, 0.2) is 0 Å². The fraction of sp³-hybridized carbons (Fsp3) is 0.333. The van der Waals surface area contributed by atoms with Crippen LogP contribution in [-0.4, -0.2) is 7.05 Å². The van der Waals surface area contributed by atoms with Crippen molar-refractivity contribution in [2.45, 2.75) is 26.8 Å². The molecule has 0 aliphatic rings. The van der Waals surface area contributed by atoms with Crippen molar-refractivity contribution in [3.05, 3.63) is 55.7 Å². The van der Waals surface area contributed by atoms with Crippen LogP contribution in [0.25, 0.3) is 0 Å². The lowest BCUT2D eigenvalue weighted by atomic mass is 10.00. The predicted molar refractivity (Wildman–Crippen MR) is 80.9 cm³/mol. The van der Waals surface area contributed by atoms with Crippen molar-refractivity contribution in [2.24, 2.45) is 0 Å². The molecular weight excluding hydrogens is 262 g/mol. The molecule has 96 valence electrons. The Morgan fingerprint density at radius 1 is 1.06 bits per heavy atom. The Morgan fingerprint density at radius 2 is 1.78 bits per heavy atom. The molecule has 0 amide bonds. The van der Waals surface area contributed by atoms with E-state index < -0.39 is 0 Å². The quantitative estimate of drug-likeness (QED) is 0.863. The van der Waals surface area contributed by atoms with Gasteiger partial charge in [-0.25, -0.2) is 0 Å². The Labute approximate surface area is 118 Å². The molecule has 0 radical (unpaired) electrons. The van der Waals surface area contributed by atoms with Crippen LogP contribution in [-0.2, 0) is 0 Å². The monoisotopic (exact) mass is 279 g/mol. The summed E-state index contributed by atoms with van der Waals surface area (Å²) in [5.41, 5.74) is 5.10. The standard InChI is InChI=1S/C15H18ClNS/c1-9-5-6-12(7-10(9)2)14(17-4)13-8-11(3)15(16)18-13/h5-8,14,17H,1-4H3. The van der Waals surface area contributed by atoms with Gasteiger partial charge in [0.2, 0.25) is 0 Å². The van der Waals surface area contributed by atoms with Gasteiger partial charge in [-0.3, -0.25) is 0 Å². The minimum absolute atomic E-state index is 0.223. The van der Waals surface area contributed by atoms with E-state index in [9.17, 15) is 0 Å². The first-order valence-electron chi connectivity index (χ1n) is 6.03. The van der Waals surface area contributed by atoms with Crippen molar-refractivity contribution in [3.8, 4) is 0 Å². The minimum atomic E-state index is 0.223. The van der Waals surface area contributed by atoms with Crippen molar-refractivity contribution in [3.63, 3.8) is 0 Å². The van der Waals surface area contributed by atoms with Crippen LogP contribution in [0.3, 0.4) is 0 Å². The third kappa shape index (κ3) is 2.61. The summed E-state index contributed by atoms with van der Waals surface area (Å²) >= 11 is 7.82. The summed E-state index contributed by atoms with van der Waals surface area (Å²) in [7, 11) is 1.99. The molecule has 0 saturated heterocycles. The lowest BCUT2D eigenvalue weighted by Gasteiger charge is -2.16. The third-order valence-electron chi connectivity index (χ3n) is 3.31. The van der Waals surface area contributed by atoms with E-state index in [0.717, 1.165) is 9.90 Å². The molecule has 1 aromatic carbocycles. The molecule has 2 aromatic rings. The van der Waals surface area contributed by atoms with E-state index in [2.05, 4.69) is 50.4 Å². The maximum Gasteiger partial charge on any atom is 0.0961 e. The van der Waals surface area contributed by atoms with Gasteiger partial charge in [-0.2, -0.15) is 0 Å². The van der Waals surface area contributed by atoms with Gasteiger partial charge in [0.1, 0.15) is 0 Å². The minimum Gasteiger partial charge on any atom is -0.309 e. The zero-order valence-electron chi connectivity index (χ0n) is 11.2. The number of nitrogens with one attached hydrogen (secondary N) is 1. The normalized spacial score (nSPS) is 12.7. The topological polar surface area (TPSA) is 12.0 Å². The first kappa shape index (κ1) is 13.6. The number of hydrogen-bond donors (Lipinski definition) is 1. The zero-order valence-corrected chi connectivity index (χ0v) is 12.7. The summed E-state index contributed by atoms with van der Waals surface area (Å²) in [6, 6.07) is 9.01. The van der Waals surface area contributed by atoms with Crippen LogP contribution >= 0.6 is 22.9 Å². The van der Waals surface area contributed by atoms with E-state index in [1.807, 2.05) is 7.05 Å². The molecule has 1 nitrogen and oxygen atoms in total. The average Bonchev–Trinajstić information content (AvgIpc) is 2.65. The van der Waals surface area contributed by atoms with Gasteiger partial charge in [0, 0.05) is 4.88 Å². The summed E-state index contributed by atoms with van der Waals surface area (Å²) in [4.78, 5) is 1.27. The van der Waals surface area contributed by atoms with Crippen LogP contribution in [0.2, 0.25) is 4.34 Å². The fourth-order valence-corrected chi connectivity index (χ4v) is 3.40. The number of thiophene rings is 1. The molecule has 1 aromatic heterocycles. The van der Waals surface area contributed by atoms with Gasteiger partial charge in [0.05, 0.1) is 10.4 Å². The Hall–Kier alpha value is -0.830.